The molecule has 60 valence electrons. The first-order chi connectivity index (χ1) is 5.04. The maximum Gasteiger partial charge on any atom is 0.352 e. The van der Waals surface area contributed by atoms with Crippen molar-refractivity contribution in [1.29, 1.82) is 0 Å². The summed E-state index contributed by atoms with van der Waals surface area (Å²) in [5.74, 6) is -0.950. The maximum absolute atomic E-state index is 10.5. The highest BCUT2D eigenvalue weighted by Gasteiger charge is 2.14. The first-order valence-corrected chi connectivity index (χ1v) is 4.39. The topological polar surface area (TPSA) is 53.1 Å². The first kappa shape index (κ1) is 8.80. The van der Waals surface area contributed by atoms with Crippen LogP contribution in [-0.4, -0.2) is 16.1 Å². The summed E-state index contributed by atoms with van der Waals surface area (Å²) in [6.45, 7) is 1.73. The summed E-state index contributed by atoms with van der Waals surface area (Å²) in [6, 6.07) is 0. The van der Waals surface area contributed by atoms with Gasteiger partial charge in [-0.3, -0.25) is 0 Å². The molecule has 1 rings (SSSR count). The summed E-state index contributed by atoms with van der Waals surface area (Å²) in [5, 5.41) is 8.63. The lowest BCUT2D eigenvalue weighted by Gasteiger charge is -1.89. The largest absolute Gasteiger partial charge is 0.477 e. The summed E-state index contributed by atoms with van der Waals surface area (Å²) < 4.78 is 1.42. The number of aromatic nitrogens is 1. The van der Waals surface area contributed by atoms with Crippen LogP contribution in [0.2, 0.25) is 0 Å². The van der Waals surface area contributed by atoms with Crippen molar-refractivity contribution in [2.45, 2.75) is 6.92 Å². The monoisotopic (exact) mass is 281 g/mol. The van der Waals surface area contributed by atoms with E-state index >= 15 is 0 Å². The second-order valence-corrected chi connectivity index (χ2v) is 3.64. The van der Waals surface area contributed by atoms with E-state index in [0.29, 0.717) is 10.2 Å². The third-order valence-corrected chi connectivity index (χ3v) is 3.46. The average molecular weight is 283 g/mol. The lowest BCUT2D eigenvalue weighted by molar-refractivity contribution is 0.0690. The molecule has 0 atom stereocenters. The highest BCUT2D eigenvalue weighted by Crippen LogP contribution is 2.28. The number of hydrogen-bond donors (Lipinski definition) is 2. The molecule has 11 heavy (non-hydrogen) atoms. The van der Waals surface area contributed by atoms with Gasteiger partial charge in [0.15, 0.2) is 0 Å². The fraction of sp³-hybridized carbons (Fsp3) is 0.167. The van der Waals surface area contributed by atoms with Crippen LogP contribution in [-0.2, 0) is 0 Å². The zero-order valence-corrected chi connectivity index (χ0v) is 8.78. The van der Waals surface area contributed by atoms with Gasteiger partial charge < -0.3 is 10.1 Å². The van der Waals surface area contributed by atoms with Crippen molar-refractivity contribution in [2.75, 3.05) is 0 Å². The lowest BCUT2D eigenvalue weighted by atomic mass is 10.3. The van der Waals surface area contributed by atoms with E-state index in [-0.39, 0.29) is 5.69 Å². The molecule has 3 nitrogen and oxygen atoms in total. The van der Waals surface area contributed by atoms with Gasteiger partial charge in [0.05, 0.1) is 9.08 Å². The summed E-state index contributed by atoms with van der Waals surface area (Å²) in [6.07, 6.45) is 0. The highest BCUT2D eigenvalue weighted by molar-refractivity contribution is 9.13. The zero-order chi connectivity index (χ0) is 8.59. The molecule has 0 aliphatic rings. The number of halogens is 2. The van der Waals surface area contributed by atoms with Gasteiger partial charge in [0, 0.05) is 0 Å². The molecule has 0 spiro atoms. The Morgan fingerprint density at radius 3 is 2.27 bits per heavy atom. The molecule has 0 unspecified atom stereocenters. The van der Waals surface area contributed by atoms with Crippen molar-refractivity contribution in [3.63, 3.8) is 0 Å². The molecular weight excluding hydrogens is 278 g/mol. The van der Waals surface area contributed by atoms with E-state index in [1.165, 1.54) is 0 Å². The molecule has 0 amide bonds. The van der Waals surface area contributed by atoms with Gasteiger partial charge in [0.2, 0.25) is 0 Å². The quantitative estimate of drug-likeness (QED) is 0.832. The molecule has 0 saturated carbocycles. The Kier molecular flexibility index (Phi) is 2.39. The standard InChI is InChI=1S/C6H5Br2NO2/c1-2-3(7)5(8)9-4(2)6(10)11/h9H,1H3,(H,10,11). The predicted molar refractivity (Wildman–Crippen MR) is 47.9 cm³/mol. The van der Waals surface area contributed by atoms with E-state index in [1.807, 2.05) is 0 Å². The van der Waals surface area contributed by atoms with E-state index < -0.39 is 5.97 Å². The Morgan fingerprint density at radius 2 is 2.09 bits per heavy atom. The first-order valence-electron chi connectivity index (χ1n) is 2.81. The van der Waals surface area contributed by atoms with Gasteiger partial charge in [-0.25, -0.2) is 4.79 Å². The minimum Gasteiger partial charge on any atom is -0.477 e. The van der Waals surface area contributed by atoms with Crippen LogP contribution in [0.5, 0.6) is 0 Å². The zero-order valence-electron chi connectivity index (χ0n) is 5.61. The van der Waals surface area contributed by atoms with Crippen LogP contribution in [0.4, 0.5) is 0 Å². The average Bonchev–Trinajstić information content (AvgIpc) is 2.17. The number of aromatic carboxylic acids is 1. The van der Waals surface area contributed by atoms with E-state index in [9.17, 15) is 4.79 Å². The number of H-pyrrole nitrogens is 1. The fourth-order valence-electron chi connectivity index (χ4n) is 0.747. The molecule has 1 heterocycles. The second kappa shape index (κ2) is 2.98. The van der Waals surface area contributed by atoms with E-state index in [2.05, 4.69) is 36.8 Å². The van der Waals surface area contributed by atoms with Crippen LogP contribution in [0.15, 0.2) is 9.08 Å². The predicted octanol–water partition coefficient (Wildman–Crippen LogP) is 2.55. The third-order valence-electron chi connectivity index (χ3n) is 1.35. The minimum atomic E-state index is -0.950. The number of carboxylic acid groups (broad SMARTS) is 1. The molecule has 0 saturated heterocycles. The number of rotatable bonds is 1. The van der Waals surface area contributed by atoms with Crippen molar-refractivity contribution < 1.29 is 9.90 Å². The number of aromatic amines is 1. The van der Waals surface area contributed by atoms with Gasteiger partial charge in [-0.2, -0.15) is 0 Å². The van der Waals surface area contributed by atoms with Crippen LogP contribution in [0.25, 0.3) is 0 Å². The van der Waals surface area contributed by atoms with Crippen molar-refractivity contribution >= 4 is 37.8 Å². The van der Waals surface area contributed by atoms with Crippen LogP contribution in [0.1, 0.15) is 16.1 Å². The number of nitrogens with one attached hydrogen (secondary N) is 1. The van der Waals surface area contributed by atoms with Crippen LogP contribution in [0.3, 0.4) is 0 Å². The Hall–Kier alpha value is -0.290. The molecule has 0 aromatic carbocycles. The number of carbonyl (C=O) groups is 1. The number of hydrogen-bond acceptors (Lipinski definition) is 1. The summed E-state index contributed by atoms with van der Waals surface area (Å²) in [7, 11) is 0. The van der Waals surface area contributed by atoms with Gasteiger partial charge in [-0.15, -0.1) is 0 Å². The normalized spacial score (nSPS) is 10.1. The lowest BCUT2D eigenvalue weighted by Crippen LogP contribution is -1.98. The molecule has 0 bridgehead atoms. The van der Waals surface area contributed by atoms with Gasteiger partial charge in [-0.1, -0.05) is 0 Å². The summed E-state index contributed by atoms with van der Waals surface area (Å²) in [4.78, 5) is 13.2. The molecule has 0 aliphatic carbocycles. The van der Waals surface area contributed by atoms with Crippen molar-refractivity contribution in [3.05, 3.63) is 20.3 Å². The summed E-state index contributed by atoms with van der Waals surface area (Å²) >= 11 is 6.40. The van der Waals surface area contributed by atoms with Crippen molar-refractivity contribution in [1.82, 2.24) is 4.98 Å². The molecular formula is C6H5Br2NO2. The Morgan fingerprint density at radius 1 is 1.55 bits per heavy atom. The third kappa shape index (κ3) is 1.49. The molecule has 1 aromatic heterocycles. The van der Waals surface area contributed by atoms with E-state index in [0.717, 1.165) is 4.47 Å². The SMILES string of the molecule is Cc1c(C(=O)O)[nH]c(Br)c1Br. The molecule has 0 aliphatic heterocycles. The van der Waals surface area contributed by atoms with Crippen molar-refractivity contribution in [2.24, 2.45) is 0 Å². The highest BCUT2D eigenvalue weighted by atomic mass is 79.9. The number of carboxylic acids is 1. The van der Waals surface area contributed by atoms with Gasteiger partial charge in [-0.05, 0) is 44.3 Å². The maximum atomic E-state index is 10.5. The van der Waals surface area contributed by atoms with Crippen molar-refractivity contribution in [3.8, 4) is 0 Å². The molecule has 0 radical (unpaired) electrons. The Bertz CT molecular complexity index is 306. The fourth-order valence-corrected chi connectivity index (χ4v) is 1.54. The van der Waals surface area contributed by atoms with Crippen LogP contribution < -0.4 is 0 Å². The minimum absolute atomic E-state index is 0.212. The van der Waals surface area contributed by atoms with Gasteiger partial charge in [0.25, 0.3) is 0 Å². The van der Waals surface area contributed by atoms with Gasteiger partial charge >= 0.3 is 5.97 Å². The van der Waals surface area contributed by atoms with Crippen LogP contribution in [0, 0.1) is 6.92 Å². The van der Waals surface area contributed by atoms with Crippen LogP contribution >= 0.6 is 31.9 Å². The molecule has 2 N–H and O–H groups in total. The molecule has 0 fully saturated rings. The molecule has 1 aromatic rings. The van der Waals surface area contributed by atoms with E-state index in [4.69, 9.17) is 5.11 Å². The summed E-state index contributed by atoms with van der Waals surface area (Å²) in [5.41, 5.74) is 0.910. The second-order valence-electron chi connectivity index (χ2n) is 2.06. The molecule has 5 heteroatoms. The van der Waals surface area contributed by atoms with Gasteiger partial charge in [0.1, 0.15) is 5.69 Å². The Balaban J connectivity index is 3.29. The Labute approximate surface area is 80.1 Å². The van der Waals surface area contributed by atoms with E-state index in [1.54, 1.807) is 6.92 Å². The smallest absolute Gasteiger partial charge is 0.352 e.